The van der Waals surface area contributed by atoms with Crippen LogP contribution in [-0.2, 0) is 6.51 Å². The van der Waals surface area contributed by atoms with Crippen LogP contribution in [0.2, 0.25) is 47.7 Å². The van der Waals surface area contributed by atoms with E-state index in [4.69, 9.17) is 0 Å². The van der Waals surface area contributed by atoms with Crippen LogP contribution >= 0.6 is 0 Å². The molecule has 0 bridgehead atoms. The summed E-state index contributed by atoms with van der Waals surface area (Å²) in [5, 5.41) is 0. The topological polar surface area (TPSA) is 3.24 Å². The third kappa shape index (κ3) is 0.0546. The molecule has 88 valence electrons. The summed E-state index contributed by atoms with van der Waals surface area (Å²) in [5.74, 6) is 0. The van der Waals surface area contributed by atoms with Crippen molar-refractivity contribution in [3.05, 3.63) is 0 Å². The van der Waals surface area contributed by atoms with E-state index in [0.29, 0.717) is 0 Å². The monoisotopic (exact) mass is 257 g/mol. The first kappa shape index (κ1) is 6.08. The SMILES string of the molecule is CN(C)CC[C]12[CH]3[CH]4[CH]5[CH]1[Fe]45321678[CH]2[CH]1[CH]6[CH]7[CH]28. The summed E-state index contributed by atoms with van der Waals surface area (Å²) in [7, 11) is 4.59. The van der Waals surface area contributed by atoms with Gasteiger partial charge >= 0.3 is 86.1 Å². The van der Waals surface area contributed by atoms with Crippen molar-refractivity contribution in [1.29, 1.82) is 0 Å². The van der Waals surface area contributed by atoms with Crippen LogP contribution in [0.25, 0.3) is 0 Å². The molecule has 1 spiro atoms. The average molecular weight is 257 g/mol. The summed E-state index contributed by atoms with van der Waals surface area (Å²) in [6.45, 7) is -1.20. The number of hydrogen-bond acceptors (Lipinski definition) is 1. The fourth-order valence-electron chi connectivity index (χ4n) is 17.7. The minimum absolute atomic E-state index is 1.18. The second-order valence-corrected chi connectivity index (χ2v) is 35.1. The van der Waals surface area contributed by atoms with Crippen molar-refractivity contribution in [2.75, 3.05) is 20.6 Å². The van der Waals surface area contributed by atoms with E-state index in [1.807, 2.05) is 0 Å². The van der Waals surface area contributed by atoms with Crippen molar-refractivity contribution < 1.29 is 6.51 Å². The fraction of sp³-hybridized carbons (Fsp3) is 1.00. The van der Waals surface area contributed by atoms with Crippen LogP contribution in [0.3, 0.4) is 0 Å². The van der Waals surface area contributed by atoms with Crippen molar-refractivity contribution >= 4 is 0 Å². The molecule has 10 aliphatic rings. The quantitative estimate of drug-likeness (QED) is 0.697. The Morgan fingerprint density at radius 2 is 1.38 bits per heavy atom. The Morgan fingerprint density at radius 1 is 0.875 bits per heavy atom. The molecule has 0 aromatic rings. The van der Waals surface area contributed by atoms with E-state index in [9.17, 15) is 0 Å². The van der Waals surface area contributed by atoms with E-state index in [-0.39, 0.29) is 0 Å². The summed E-state index contributed by atoms with van der Waals surface area (Å²) in [5.41, 5.74) is 0. The number of fused-ring (bicyclic) bond motifs is 10. The summed E-state index contributed by atoms with van der Waals surface area (Å²) in [6.07, 6.45) is 1.69. The Morgan fingerprint density at radius 3 is 1.62 bits per heavy atom. The van der Waals surface area contributed by atoms with Gasteiger partial charge in [-0.2, -0.15) is 0 Å². The van der Waals surface area contributed by atoms with Crippen molar-refractivity contribution in [2.45, 2.75) is 54.1 Å². The zero-order valence-corrected chi connectivity index (χ0v) is 11.0. The molecule has 16 heavy (non-hydrogen) atoms. The zero-order valence-electron chi connectivity index (χ0n) is 9.91. The second-order valence-electron chi connectivity index (χ2n) is 11.4. The van der Waals surface area contributed by atoms with Gasteiger partial charge in [0.25, 0.3) is 0 Å². The molecule has 0 amide bonds. The molecule has 2 heteroatoms. The van der Waals surface area contributed by atoms with E-state index in [1.165, 1.54) is 54.2 Å². The number of nitrogens with zero attached hydrogens (tertiary/aromatic N) is 1. The van der Waals surface area contributed by atoms with E-state index < -0.39 is 6.51 Å². The van der Waals surface area contributed by atoms with Gasteiger partial charge in [0.2, 0.25) is 0 Å². The number of hydrogen-bond donors (Lipinski definition) is 0. The Bertz CT molecular complexity index is 831. The molecule has 10 heterocycles. The molecule has 0 saturated carbocycles. The van der Waals surface area contributed by atoms with Gasteiger partial charge in [-0.05, 0) is 0 Å². The molecule has 4 unspecified atom stereocenters. The standard InChI is InChI=1S/C9H14N.C5H5.Fe/c1-10(2)8-7-9-5-3-4-6-9;1-2-4-5-3-1;/h3-6H,7-8H2,1-2H3;1-5H;. The van der Waals surface area contributed by atoms with Gasteiger partial charge in [0.1, 0.15) is 0 Å². The molecule has 10 fully saturated rings. The van der Waals surface area contributed by atoms with E-state index in [1.54, 1.807) is 6.42 Å². The van der Waals surface area contributed by atoms with Crippen molar-refractivity contribution in [3.63, 3.8) is 0 Å². The Balaban J connectivity index is 1.51. The van der Waals surface area contributed by atoms with Crippen molar-refractivity contribution in [3.8, 4) is 0 Å². The molecule has 1 nitrogen and oxygen atoms in total. The normalized spacial score (nSPS) is 126. The van der Waals surface area contributed by atoms with E-state index in [0.717, 1.165) is 0 Å². The molecule has 10 rings (SSSR count). The van der Waals surface area contributed by atoms with Crippen LogP contribution in [-0.4, -0.2) is 25.5 Å². The predicted octanol–water partition coefficient (Wildman–Crippen LogP) is 3.70. The van der Waals surface area contributed by atoms with Crippen LogP contribution in [0.1, 0.15) is 6.42 Å². The molecule has 10 aliphatic heterocycles. The molecular formula is C14H19FeN. The van der Waals surface area contributed by atoms with Crippen molar-refractivity contribution in [2.24, 2.45) is 0 Å². The Hall–Kier alpha value is 0.479. The van der Waals surface area contributed by atoms with Crippen LogP contribution in [0.5, 0.6) is 0 Å². The third-order valence-corrected chi connectivity index (χ3v) is 59.0. The van der Waals surface area contributed by atoms with Gasteiger partial charge in [0.05, 0.1) is 0 Å². The third-order valence-electron chi connectivity index (χ3n) is 15.9. The predicted molar refractivity (Wildman–Crippen MR) is 59.6 cm³/mol. The van der Waals surface area contributed by atoms with Gasteiger partial charge in [-0.15, -0.1) is 0 Å². The summed E-state index contributed by atoms with van der Waals surface area (Å²) in [4.78, 5) is 16.3. The van der Waals surface area contributed by atoms with Crippen LogP contribution in [0, 0.1) is 0 Å². The summed E-state index contributed by atoms with van der Waals surface area (Å²) >= 11 is 0. The van der Waals surface area contributed by atoms with Crippen LogP contribution in [0.4, 0.5) is 0 Å². The Kier molecular flexibility index (Phi) is 0.177. The van der Waals surface area contributed by atoms with Crippen LogP contribution < -0.4 is 0 Å². The second kappa shape index (κ2) is 0.466. The van der Waals surface area contributed by atoms with Gasteiger partial charge in [-0.3, -0.25) is 0 Å². The molecule has 4 atom stereocenters. The minimum atomic E-state index is -2.63. The van der Waals surface area contributed by atoms with Gasteiger partial charge in [0, 0.05) is 0 Å². The average Bonchev–Trinajstić information content (AvgIpc) is 3.20. The zero-order chi connectivity index (χ0) is 10.0. The number of rotatable bonds is 3. The first-order chi connectivity index (χ1) is 7.46. The molecule has 0 aromatic carbocycles. The summed E-state index contributed by atoms with van der Waals surface area (Å²) in [6, 6.07) is 0. The molecule has 0 aliphatic carbocycles. The van der Waals surface area contributed by atoms with Gasteiger partial charge in [-0.1, -0.05) is 0 Å². The van der Waals surface area contributed by atoms with Crippen LogP contribution in [0.15, 0.2) is 0 Å². The van der Waals surface area contributed by atoms with E-state index >= 15 is 0 Å². The Labute approximate surface area is 86.2 Å². The maximum absolute atomic E-state index is 2.63. The van der Waals surface area contributed by atoms with Gasteiger partial charge in [0.15, 0.2) is 0 Å². The first-order valence-corrected chi connectivity index (χ1v) is 13.6. The van der Waals surface area contributed by atoms with Gasteiger partial charge < -0.3 is 0 Å². The molecule has 0 aromatic heterocycles. The maximum atomic E-state index is 2.48. The molecule has 10 saturated heterocycles. The van der Waals surface area contributed by atoms with E-state index in [2.05, 4.69) is 19.0 Å². The van der Waals surface area contributed by atoms with Gasteiger partial charge in [-0.25, -0.2) is 0 Å². The first-order valence-electron chi connectivity index (χ1n) is 7.32. The summed E-state index contributed by atoms with van der Waals surface area (Å²) < 4.78 is 1.18. The molecular weight excluding hydrogens is 238 g/mol. The van der Waals surface area contributed by atoms with Crippen molar-refractivity contribution in [1.82, 2.24) is 4.90 Å². The molecule has 0 radical (unpaired) electrons. The fourth-order valence-corrected chi connectivity index (χ4v) is 93.0. The molecule has 0 N–H and O–H groups in total.